The van der Waals surface area contributed by atoms with Crippen LogP contribution in [0.15, 0.2) is 36.8 Å². The van der Waals surface area contributed by atoms with Crippen LogP contribution >= 0.6 is 0 Å². The van der Waals surface area contributed by atoms with Crippen LogP contribution in [0.5, 0.6) is 0 Å². The van der Waals surface area contributed by atoms with E-state index in [1.165, 1.54) is 12.5 Å². The van der Waals surface area contributed by atoms with E-state index in [4.69, 9.17) is 9.90 Å². The van der Waals surface area contributed by atoms with Crippen LogP contribution in [0.3, 0.4) is 0 Å². The molecule has 0 unspecified atom stereocenters. The second-order valence-corrected chi connectivity index (χ2v) is 6.60. The molecule has 0 aliphatic carbocycles. The van der Waals surface area contributed by atoms with Gasteiger partial charge >= 0.3 is 18.1 Å². The number of nitrogens with one attached hydrogen (secondary N) is 2. The predicted molar refractivity (Wildman–Crippen MR) is 102 cm³/mol. The lowest BCUT2D eigenvalue weighted by Gasteiger charge is -2.16. The first-order valence-corrected chi connectivity index (χ1v) is 9.16. The highest BCUT2D eigenvalue weighted by Crippen LogP contribution is 2.22. The van der Waals surface area contributed by atoms with Crippen molar-refractivity contribution in [1.29, 1.82) is 0 Å². The number of fused-ring (bicyclic) bond motifs is 1. The number of H-pyrrole nitrogens is 1. The largest absolute Gasteiger partial charge is 0.490 e. The summed E-state index contributed by atoms with van der Waals surface area (Å²) in [5, 5.41) is 18.8. The molecule has 1 aromatic heterocycles. The maximum Gasteiger partial charge on any atom is 0.490 e. The molecule has 1 atom stereocenters. The Morgan fingerprint density at radius 1 is 1.09 bits per heavy atom. The number of alkyl halides is 3. The van der Waals surface area contributed by atoms with E-state index < -0.39 is 41.9 Å². The number of carbonyl (C=O) groups is 5. The molecule has 176 valence electrons. The van der Waals surface area contributed by atoms with Crippen LogP contribution in [0.25, 0.3) is 0 Å². The fourth-order valence-corrected chi connectivity index (χ4v) is 2.74. The van der Waals surface area contributed by atoms with Crippen molar-refractivity contribution in [2.45, 2.75) is 25.1 Å². The molecular weight excluding hydrogens is 453 g/mol. The van der Waals surface area contributed by atoms with Gasteiger partial charge in [-0.15, -0.1) is 0 Å². The summed E-state index contributed by atoms with van der Waals surface area (Å²) in [4.78, 5) is 64.3. The van der Waals surface area contributed by atoms with Crippen LogP contribution in [0.2, 0.25) is 0 Å². The van der Waals surface area contributed by atoms with E-state index in [1.54, 1.807) is 24.3 Å². The molecule has 0 spiro atoms. The molecule has 0 saturated heterocycles. The molecule has 33 heavy (non-hydrogen) atoms. The lowest BCUT2D eigenvalue weighted by Crippen LogP contribution is -2.43. The number of hydrogen-bond acceptors (Lipinski definition) is 6. The van der Waals surface area contributed by atoms with Gasteiger partial charge in [-0.05, 0) is 12.1 Å². The maximum atomic E-state index is 12.2. The Labute approximate surface area is 183 Å². The normalized spacial score (nSPS) is 13.6. The molecule has 1 aliphatic rings. The fourth-order valence-electron chi connectivity index (χ4n) is 2.74. The van der Waals surface area contributed by atoms with Crippen LogP contribution in [-0.4, -0.2) is 73.5 Å². The maximum absolute atomic E-state index is 12.2. The topological polar surface area (TPSA) is 170 Å². The van der Waals surface area contributed by atoms with Gasteiger partial charge in [-0.1, -0.05) is 12.1 Å². The van der Waals surface area contributed by atoms with Gasteiger partial charge in [0.05, 0.1) is 17.5 Å². The Hall–Kier alpha value is -4.23. The van der Waals surface area contributed by atoms with Crippen molar-refractivity contribution in [2.75, 3.05) is 6.54 Å². The summed E-state index contributed by atoms with van der Waals surface area (Å²) in [5.74, 6) is -5.41. The first-order valence-electron chi connectivity index (χ1n) is 9.16. The van der Waals surface area contributed by atoms with Crippen molar-refractivity contribution in [1.82, 2.24) is 20.2 Å². The number of rotatable bonds is 7. The van der Waals surface area contributed by atoms with Crippen molar-refractivity contribution in [3.8, 4) is 0 Å². The smallest absolute Gasteiger partial charge is 0.480 e. The first kappa shape index (κ1) is 25.0. The number of carboxylic acid groups (broad SMARTS) is 2. The van der Waals surface area contributed by atoms with Gasteiger partial charge in [0.1, 0.15) is 6.04 Å². The van der Waals surface area contributed by atoms with Crippen LogP contribution in [0.1, 0.15) is 32.8 Å². The highest BCUT2D eigenvalue weighted by atomic mass is 19.4. The van der Waals surface area contributed by atoms with Crippen LogP contribution < -0.4 is 5.32 Å². The van der Waals surface area contributed by atoms with Gasteiger partial charge in [0.2, 0.25) is 5.91 Å². The molecule has 2 heterocycles. The average Bonchev–Trinajstić information content (AvgIpc) is 3.33. The molecule has 4 N–H and O–H groups in total. The van der Waals surface area contributed by atoms with Crippen molar-refractivity contribution in [3.63, 3.8) is 0 Å². The first-order chi connectivity index (χ1) is 15.4. The number of aliphatic carboxylic acids is 2. The molecule has 0 bridgehead atoms. The number of imide groups is 1. The highest BCUT2D eigenvalue weighted by molar-refractivity contribution is 6.21. The Bertz CT molecular complexity index is 1020. The molecule has 0 fully saturated rings. The molecule has 1 aromatic carbocycles. The number of hydrogen-bond donors (Lipinski definition) is 4. The number of carbonyl (C=O) groups excluding carboxylic acids is 3. The summed E-state index contributed by atoms with van der Waals surface area (Å²) < 4.78 is 31.7. The average molecular weight is 470 g/mol. The third-order valence-electron chi connectivity index (χ3n) is 4.30. The Morgan fingerprint density at radius 3 is 2.06 bits per heavy atom. The quantitative estimate of drug-likeness (QED) is 0.432. The van der Waals surface area contributed by atoms with Crippen LogP contribution in [-0.2, 0) is 20.8 Å². The van der Waals surface area contributed by atoms with Crippen LogP contribution in [0, 0.1) is 0 Å². The zero-order chi connectivity index (χ0) is 24.8. The van der Waals surface area contributed by atoms with Gasteiger partial charge in [-0.25, -0.2) is 14.6 Å². The molecule has 3 amide bonds. The van der Waals surface area contributed by atoms with Gasteiger partial charge < -0.3 is 20.5 Å². The number of amides is 3. The van der Waals surface area contributed by atoms with Crippen molar-refractivity contribution in [3.05, 3.63) is 53.6 Å². The van der Waals surface area contributed by atoms with Gasteiger partial charge in [-0.2, -0.15) is 13.2 Å². The molecule has 14 heteroatoms. The van der Waals surface area contributed by atoms with E-state index in [9.17, 15) is 37.5 Å². The third-order valence-corrected chi connectivity index (χ3v) is 4.30. The molecule has 0 radical (unpaired) electrons. The molecule has 2 aromatic rings. The lowest BCUT2D eigenvalue weighted by atomic mass is 10.1. The van der Waals surface area contributed by atoms with Gasteiger partial charge in [-0.3, -0.25) is 19.3 Å². The van der Waals surface area contributed by atoms with E-state index in [1.807, 2.05) is 0 Å². The second kappa shape index (κ2) is 10.4. The zero-order valence-corrected chi connectivity index (χ0v) is 16.6. The Kier molecular flexibility index (Phi) is 7.88. The minimum absolute atomic E-state index is 0.0497. The summed E-state index contributed by atoms with van der Waals surface area (Å²) in [6.07, 6.45) is -2.33. The molecule has 11 nitrogen and oxygen atoms in total. The van der Waals surface area contributed by atoms with Gasteiger partial charge in [0, 0.05) is 31.3 Å². The Morgan fingerprint density at radius 2 is 1.64 bits per heavy atom. The van der Waals surface area contributed by atoms with Crippen LogP contribution in [0.4, 0.5) is 13.2 Å². The number of nitrogens with zero attached hydrogens (tertiary/aromatic N) is 2. The van der Waals surface area contributed by atoms with E-state index in [0.717, 1.165) is 4.90 Å². The van der Waals surface area contributed by atoms with Gasteiger partial charge in [0.15, 0.2) is 0 Å². The van der Waals surface area contributed by atoms with Crippen molar-refractivity contribution in [2.24, 2.45) is 0 Å². The standard InChI is InChI=1S/C17H16N4O5.C2HF3O2/c22-14(20-13(17(25)26)7-10-8-18-9-19-10)5-6-21-15(23)11-3-1-2-4-12(11)16(21)24;3-2(4,5)1(6)7/h1-4,8-9,13H,5-7H2,(H,18,19)(H,20,22)(H,25,26);(H,6,7)/t13-;/m0./s1. The number of aromatic nitrogens is 2. The van der Waals surface area contributed by atoms with E-state index in [-0.39, 0.29) is 19.4 Å². The highest BCUT2D eigenvalue weighted by Gasteiger charge is 2.38. The molecular formula is C19H17F3N4O7. The van der Waals surface area contributed by atoms with Gasteiger partial charge in [0.25, 0.3) is 11.8 Å². The summed E-state index contributed by atoms with van der Waals surface area (Å²) in [6, 6.07) is 5.30. The summed E-state index contributed by atoms with van der Waals surface area (Å²) >= 11 is 0. The minimum atomic E-state index is -5.08. The Balaban J connectivity index is 0.000000479. The molecule has 1 aliphatic heterocycles. The monoisotopic (exact) mass is 470 g/mol. The van der Waals surface area contributed by atoms with Crippen molar-refractivity contribution < 1.29 is 47.4 Å². The number of benzene rings is 1. The fraction of sp³-hybridized carbons (Fsp3) is 0.263. The number of halogens is 3. The molecule has 0 saturated carbocycles. The molecule has 3 rings (SSSR count). The van der Waals surface area contributed by atoms with E-state index in [0.29, 0.717) is 16.8 Å². The van der Waals surface area contributed by atoms with E-state index >= 15 is 0 Å². The second-order valence-electron chi connectivity index (χ2n) is 6.60. The number of imidazole rings is 1. The summed E-state index contributed by atoms with van der Waals surface area (Å²) in [5.41, 5.74) is 1.18. The summed E-state index contributed by atoms with van der Waals surface area (Å²) in [6.45, 7) is -0.116. The zero-order valence-electron chi connectivity index (χ0n) is 16.6. The van der Waals surface area contributed by atoms with Crippen molar-refractivity contribution >= 4 is 29.7 Å². The minimum Gasteiger partial charge on any atom is -0.480 e. The summed E-state index contributed by atoms with van der Waals surface area (Å²) in [7, 11) is 0. The SMILES string of the molecule is O=C(CCN1C(=O)c2ccccc2C1=O)N[C@@H](Cc1cnc[nH]1)C(=O)O.O=C(O)C(F)(F)F. The third kappa shape index (κ3) is 6.62. The lowest BCUT2D eigenvalue weighted by molar-refractivity contribution is -0.192. The number of carboxylic acids is 2. The number of aromatic amines is 1. The predicted octanol–water partition coefficient (Wildman–Crippen LogP) is 0.841. The van der Waals surface area contributed by atoms with E-state index in [2.05, 4.69) is 15.3 Å².